The third kappa shape index (κ3) is 2.99. The SMILES string of the molecule is Cc1cc(Nc2cc(C3CC=CO3)[nH]n2)nc(-c2ccccc2)n1. The molecule has 0 fully saturated rings. The Labute approximate surface area is 139 Å². The number of H-pyrrole nitrogens is 1. The molecule has 2 N–H and O–H groups in total. The van der Waals surface area contributed by atoms with Gasteiger partial charge in [0, 0.05) is 29.8 Å². The predicted octanol–water partition coefficient (Wildman–Crippen LogP) is 3.89. The second-order valence-corrected chi connectivity index (χ2v) is 5.65. The van der Waals surface area contributed by atoms with E-state index in [1.54, 1.807) is 6.26 Å². The van der Waals surface area contributed by atoms with Crippen molar-refractivity contribution in [3.63, 3.8) is 0 Å². The molecule has 1 aliphatic heterocycles. The zero-order chi connectivity index (χ0) is 16.4. The van der Waals surface area contributed by atoms with E-state index in [0.29, 0.717) is 17.5 Å². The predicted molar refractivity (Wildman–Crippen MR) is 91.7 cm³/mol. The molecule has 0 spiro atoms. The molecule has 1 unspecified atom stereocenters. The fourth-order valence-corrected chi connectivity index (χ4v) is 2.63. The molecule has 6 heteroatoms. The number of benzene rings is 1. The van der Waals surface area contributed by atoms with Crippen molar-refractivity contribution in [3.8, 4) is 11.4 Å². The molecule has 1 aliphatic rings. The van der Waals surface area contributed by atoms with Gasteiger partial charge in [-0.15, -0.1) is 0 Å². The number of nitrogens with zero attached hydrogens (tertiary/aromatic N) is 3. The fraction of sp³-hybridized carbons (Fsp3) is 0.167. The third-order valence-corrected chi connectivity index (χ3v) is 3.78. The van der Waals surface area contributed by atoms with E-state index >= 15 is 0 Å². The summed E-state index contributed by atoms with van der Waals surface area (Å²) in [5.74, 6) is 2.11. The molecule has 4 rings (SSSR count). The van der Waals surface area contributed by atoms with E-state index in [-0.39, 0.29) is 6.10 Å². The first-order valence-electron chi connectivity index (χ1n) is 7.82. The van der Waals surface area contributed by atoms with Crippen LogP contribution in [0.3, 0.4) is 0 Å². The molecule has 2 aromatic heterocycles. The Bertz CT molecular complexity index is 864. The maximum atomic E-state index is 5.49. The zero-order valence-electron chi connectivity index (χ0n) is 13.2. The molecule has 0 saturated heterocycles. The summed E-state index contributed by atoms with van der Waals surface area (Å²) in [6.45, 7) is 1.95. The van der Waals surface area contributed by atoms with Crippen LogP contribution in [0.25, 0.3) is 11.4 Å². The number of aromatic nitrogens is 4. The van der Waals surface area contributed by atoms with Crippen LogP contribution in [0.1, 0.15) is 23.9 Å². The molecule has 0 saturated carbocycles. The number of hydrogen-bond donors (Lipinski definition) is 2. The zero-order valence-corrected chi connectivity index (χ0v) is 13.2. The van der Waals surface area contributed by atoms with Crippen molar-refractivity contribution in [2.45, 2.75) is 19.4 Å². The Morgan fingerprint density at radius 2 is 2.00 bits per heavy atom. The van der Waals surface area contributed by atoms with Crippen LogP contribution >= 0.6 is 0 Å². The number of nitrogens with one attached hydrogen (secondary N) is 2. The monoisotopic (exact) mass is 319 g/mol. The van der Waals surface area contributed by atoms with Gasteiger partial charge in [-0.2, -0.15) is 5.10 Å². The molecule has 0 aliphatic carbocycles. The molecule has 0 radical (unpaired) electrons. The summed E-state index contributed by atoms with van der Waals surface area (Å²) in [6, 6.07) is 13.8. The molecule has 6 nitrogen and oxygen atoms in total. The lowest BCUT2D eigenvalue weighted by Crippen LogP contribution is -1.99. The molecule has 0 amide bonds. The van der Waals surface area contributed by atoms with Gasteiger partial charge >= 0.3 is 0 Å². The third-order valence-electron chi connectivity index (χ3n) is 3.78. The molecule has 120 valence electrons. The van der Waals surface area contributed by atoms with Crippen LogP contribution in [0, 0.1) is 6.92 Å². The van der Waals surface area contributed by atoms with Crippen molar-refractivity contribution >= 4 is 11.6 Å². The van der Waals surface area contributed by atoms with E-state index in [1.165, 1.54) is 0 Å². The van der Waals surface area contributed by atoms with Crippen molar-refractivity contribution < 1.29 is 4.74 Å². The lowest BCUT2D eigenvalue weighted by Gasteiger charge is -2.07. The van der Waals surface area contributed by atoms with Crippen LogP contribution in [-0.2, 0) is 4.74 Å². The Hall–Kier alpha value is -3.15. The van der Waals surface area contributed by atoms with E-state index < -0.39 is 0 Å². The number of aryl methyl sites for hydroxylation is 1. The van der Waals surface area contributed by atoms with Gasteiger partial charge in [0.25, 0.3) is 0 Å². The van der Waals surface area contributed by atoms with E-state index in [9.17, 15) is 0 Å². The van der Waals surface area contributed by atoms with Gasteiger partial charge in [0.1, 0.15) is 11.9 Å². The Kier molecular flexibility index (Phi) is 3.70. The van der Waals surface area contributed by atoms with Gasteiger partial charge in [-0.1, -0.05) is 30.3 Å². The highest BCUT2D eigenvalue weighted by molar-refractivity contribution is 5.60. The molecule has 24 heavy (non-hydrogen) atoms. The molecule has 1 aromatic carbocycles. The van der Waals surface area contributed by atoms with Gasteiger partial charge in [0.15, 0.2) is 11.6 Å². The van der Waals surface area contributed by atoms with Crippen LogP contribution in [0.4, 0.5) is 11.6 Å². The van der Waals surface area contributed by atoms with Crippen molar-refractivity contribution in [2.24, 2.45) is 0 Å². The highest BCUT2D eigenvalue weighted by atomic mass is 16.5. The van der Waals surface area contributed by atoms with Crippen molar-refractivity contribution in [3.05, 3.63) is 66.2 Å². The summed E-state index contributed by atoms with van der Waals surface area (Å²) in [5.41, 5.74) is 2.82. The summed E-state index contributed by atoms with van der Waals surface area (Å²) in [7, 11) is 0. The van der Waals surface area contributed by atoms with Crippen LogP contribution in [-0.4, -0.2) is 20.2 Å². The summed E-state index contributed by atoms with van der Waals surface area (Å²) >= 11 is 0. The van der Waals surface area contributed by atoms with Crippen LogP contribution in [0.2, 0.25) is 0 Å². The van der Waals surface area contributed by atoms with Crippen molar-refractivity contribution in [1.82, 2.24) is 20.2 Å². The average Bonchev–Trinajstić information content (AvgIpc) is 3.26. The lowest BCUT2D eigenvalue weighted by molar-refractivity contribution is 0.169. The first kappa shape index (κ1) is 14.4. The lowest BCUT2D eigenvalue weighted by atomic mass is 10.2. The van der Waals surface area contributed by atoms with Gasteiger partial charge in [0.05, 0.1) is 12.0 Å². The first-order valence-corrected chi connectivity index (χ1v) is 7.82. The van der Waals surface area contributed by atoms with Crippen molar-refractivity contribution in [2.75, 3.05) is 5.32 Å². The Balaban J connectivity index is 1.57. The van der Waals surface area contributed by atoms with Crippen LogP contribution in [0.5, 0.6) is 0 Å². The summed E-state index contributed by atoms with van der Waals surface area (Å²) in [6.07, 6.45) is 4.59. The van der Waals surface area contributed by atoms with Crippen molar-refractivity contribution in [1.29, 1.82) is 0 Å². The quantitative estimate of drug-likeness (QED) is 0.763. The fourth-order valence-electron chi connectivity index (χ4n) is 2.63. The molecule has 3 heterocycles. The second-order valence-electron chi connectivity index (χ2n) is 5.65. The molecule has 0 bridgehead atoms. The summed E-state index contributed by atoms with van der Waals surface area (Å²) in [4.78, 5) is 9.09. The number of rotatable bonds is 4. The second kappa shape index (κ2) is 6.16. The minimum absolute atomic E-state index is 0.0139. The van der Waals surface area contributed by atoms with Gasteiger partial charge in [0.2, 0.25) is 0 Å². The maximum absolute atomic E-state index is 5.49. The highest BCUT2D eigenvalue weighted by Crippen LogP contribution is 2.27. The van der Waals surface area contributed by atoms with E-state index in [0.717, 1.165) is 23.4 Å². The molecule has 1 atom stereocenters. The average molecular weight is 319 g/mol. The topological polar surface area (TPSA) is 75.7 Å². The normalized spacial score (nSPS) is 16.1. The summed E-state index contributed by atoms with van der Waals surface area (Å²) < 4.78 is 5.49. The number of ether oxygens (including phenoxy) is 1. The summed E-state index contributed by atoms with van der Waals surface area (Å²) in [5, 5.41) is 10.5. The Morgan fingerprint density at radius 3 is 2.79 bits per heavy atom. The van der Waals surface area contributed by atoms with Gasteiger partial charge in [-0.25, -0.2) is 9.97 Å². The van der Waals surface area contributed by atoms with Gasteiger partial charge in [-0.3, -0.25) is 5.10 Å². The van der Waals surface area contributed by atoms with Gasteiger partial charge < -0.3 is 10.1 Å². The molecule has 3 aromatic rings. The number of hydrogen-bond acceptors (Lipinski definition) is 5. The maximum Gasteiger partial charge on any atom is 0.161 e. The number of anilines is 2. The van der Waals surface area contributed by atoms with Crippen LogP contribution < -0.4 is 5.32 Å². The number of aromatic amines is 1. The van der Waals surface area contributed by atoms with E-state index in [4.69, 9.17) is 4.74 Å². The Morgan fingerprint density at radius 1 is 1.12 bits per heavy atom. The standard InChI is InChI=1S/C18H17N5O/c1-12-10-16(21-18(19-12)13-6-3-2-4-7-13)20-17-11-14(22-23-17)15-8-5-9-24-15/h2-7,9-11,15H,8H2,1H3,(H2,19,20,21,22,23). The highest BCUT2D eigenvalue weighted by Gasteiger charge is 2.17. The van der Waals surface area contributed by atoms with E-state index in [2.05, 4.69) is 25.5 Å². The largest absolute Gasteiger partial charge is 0.492 e. The molecular weight excluding hydrogens is 302 g/mol. The minimum Gasteiger partial charge on any atom is -0.492 e. The van der Waals surface area contributed by atoms with Crippen LogP contribution in [0.15, 0.2) is 54.8 Å². The van der Waals surface area contributed by atoms with Gasteiger partial charge in [-0.05, 0) is 13.0 Å². The minimum atomic E-state index is 0.0139. The smallest absolute Gasteiger partial charge is 0.161 e. The van der Waals surface area contributed by atoms with E-state index in [1.807, 2.05) is 55.5 Å². The first-order chi connectivity index (χ1) is 11.8. The molecular formula is C18H17N5O.